The first-order valence-corrected chi connectivity index (χ1v) is 1.60. The molecule has 0 unspecified atom stereocenters. The van der Waals surface area contributed by atoms with Gasteiger partial charge in [0, 0.05) is 13.5 Å². The third-order valence-corrected chi connectivity index (χ3v) is 0. The molecule has 0 heterocycles. The molecule has 0 spiro atoms. The molecule has 0 aliphatic carbocycles. The second kappa shape index (κ2) is 4.42. The Morgan fingerprint density at radius 2 is 1.40 bits per heavy atom. The van der Waals surface area contributed by atoms with Gasteiger partial charge in [-0.25, -0.2) is 0 Å². The molecule has 5 heavy (non-hydrogen) atoms. The first kappa shape index (κ1) is 9.05. The molecule has 0 amide bonds. The fourth-order valence-electron chi connectivity index (χ4n) is 0. The average molecular weight is 114 g/mol. The van der Waals surface area contributed by atoms with E-state index in [0.717, 1.165) is 0 Å². The van der Waals surface area contributed by atoms with Crippen LogP contribution in [0, 0.1) is 0 Å². The summed E-state index contributed by atoms with van der Waals surface area (Å²) in [5, 5.41) is 0. The van der Waals surface area contributed by atoms with Gasteiger partial charge in [-0.3, -0.25) is 9.11 Å². The molecule has 0 aliphatic rings. The summed E-state index contributed by atoms with van der Waals surface area (Å²) < 4.78 is 22.8. The van der Waals surface area contributed by atoms with Crippen LogP contribution in [-0.4, -0.2) is 13.3 Å². The Balaban J connectivity index is 0. The molecule has 0 aliphatic heterocycles. The summed E-state index contributed by atoms with van der Waals surface area (Å²) in [5.74, 6) is 0. The predicted octanol–water partition coefficient (Wildman–Crippen LogP) is 0.329. The zero-order valence-electron chi connectivity index (χ0n) is 2.12. The Morgan fingerprint density at radius 3 is 1.40 bits per heavy atom. The second-order valence-corrected chi connectivity index (χ2v) is 0.692. The van der Waals surface area contributed by atoms with E-state index in [1.54, 1.807) is 0 Å². The normalized spacial score (nSPS) is 7.00. The van der Waals surface area contributed by atoms with E-state index in [2.05, 4.69) is 0 Å². The van der Waals surface area contributed by atoms with Crippen LogP contribution in [0.15, 0.2) is 0 Å². The van der Waals surface area contributed by atoms with Crippen LogP contribution in [0.2, 0.25) is 0 Å². The van der Waals surface area contributed by atoms with Gasteiger partial charge in [-0.15, -0.1) is 0 Å². The summed E-state index contributed by atoms with van der Waals surface area (Å²) in [7, 11) is 0. The molecule has 0 bridgehead atoms. The van der Waals surface area contributed by atoms with Crippen molar-refractivity contribution in [1.29, 1.82) is 0 Å². The maximum Gasteiger partial charge on any atom is 0.299 e. The van der Waals surface area contributed by atoms with Crippen LogP contribution < -0.4 is 0 Å². The van der Waals surface area contributed by atoms with E-state index in [0.29, 0.717) is 0 Å². The van der Waals surface area contributed by atoms with Crippen LogP contribution >= 0.6 is 13.5 Å². The van der Waals surface area contributed by atoms with E-state index >= 15 is 0 Å². The SMILES string of the molecule is O=S(O)O.[S]. The van der Waals surface area contributed by atoms with Crippen molar-refractivity contribution < 1.29 is 13.3 Å². The van der Waals surface area contributed by atoms with E-state index < -0.39 is 11.4 Å². The number of hydrogen-bond acceptors (Lipinski definition) is 1. The van der Waals surface area contributed by atoms with Crippen molar-refractivity contribution in [3.63, 3.8) is 0 Å². The van der Waals surface area contributed by atoms with Crippen molar-refractivity contribution in [3.8, 4) is 0 Å². The van der Waals surface area contributed by atoms with Crippen molar-refractivity contribution >= 4 is 24.9 Å². The highest BCUT2D eigenvalue weighted by atomic mass is 32.2. The summed E-state index contributed by atoms with van der Waals surface area (Å²) >= 11 is -2.61. The van der Waals surface area contributed by atoms with E-state index in [-0.39, 0.29) is 13.5 Å². The molecular formula is H2O3S2. The Labute approximate surface area is 38.9 Å². The van der Waals surface area contributed by atoms with Crippen LogP contribution in [0.3, 0.4) is 0 Å². The van der Waals surface area contributed by atoms with Crippen LogP contribution in [-0.2, 0) is 11.4 Å². The average Bonchev–Trinajstić information content (AvgIpc) is 0.811. The van der Waals surface area contributed by atoms with Gasteiger partial charge in [0.05, 0.1) is 0 Å². The van der Waals surface area contributed by atoms with Crippen LogP contribution in [0.5, 0.6) is 0 Å². The van der Waals surface area contributed by atoms with Gasteiger partial charge in [-0.1, -0.05) is 0 Å². The molecule has 0 aromatic rings. The van der Waals surface area contributed by atoms with Gasteiger partial charge < -0.3 is 0 Å². The van der Waals surface area contributed by atoms with Gasteiger partial charge in [0.15, 0.2) is 0 Å². The van der Waals surface area contributed by atoms with Crippen molar-refractivity contribution in [2.75, 3.05) is 0 Å². The molecule has 3 nitrogen and oxygen atoms in total. The van der Waals surface area contributed by atoms with E-state index in [1.807, 2.05) is 0 Å². The third kappa shape index (κ3) is 147. The lowest BCUT2D eigenvalue weighted by atomic mass is 15.8. The summed E-state index contributed by atoms with van der Waals surface area (Å²) in [6.07, 6.45) is 0. The summed E-state index contributed by atoms with van der Waals surface area (Å²) in [6.45, 7) is 0. The van der Waals surface area contributed by atoms with E-state index in [4.69, 9.17) is 13.3 Å². The van der Waals surface area contributed by atoms with Gasteiger partial charge in [0.2, 0.25) is 0 Å². The molecule has 2 radical (unpaired) electrons. The number of rotatable bonds is 0. The van der Waals surface area contributed by atoms with E-state index in [1.165, 1.54) is 0 Å². The Morgan fingerprint density at radius 1 is 1.40 bits per heavy atom. The fourth-order valence-corrected chi connectivity index (χ4v) is 0. The molecule has 0 saturated heterocycles. The number of hydrogen-bond donors (Lipinski definition) is 2. The first-order chi connectivity index (χ1) is 1.73. The molecule has 2 N–H and O–H groups in total. The van der Waals surface area contributed by atoms with Gasteiger partial charge in [0.1, 0.15) is 0 Å². The lowest BCUT2D eigenvalue weighted by Crippen LogP contribution is -1.74. The molecule has 0 rings (SSSR count). The molecule has 0 saturated carbocycles. The van der Waals surface area contributed by atoms with Gasteiger partial charge in [-0.05, 0) is 0 Å². The Hall–Kier alpha value is 0.420. The highest BCUT2D eigenvalue weighted by molar-refractivity contribution is 7.73. The fraction of sp³-hybridized carbons (Fsp3) is 0. The van der Waals surface area contributed by atoms with Crippen LogP contribution in [0.1, 0.15) is 0 Å². The van der Waals surface area contributed by atoms with Crippen molar-refractivity contribution in [3.05, 3.63) is 0 Å². The highest BCUT2D eigenvalue weighted by Crippen LogP contribution is 1.44. The molecule has 0 atom stereocenters. The Bertz CT molecular complexity index is 27.9. The molecular weight excluding hydrogens is 112 g/mol. The minimum atomic E-state index is -2.61. The lowest BCUT2D eigenvalue weighted by molar-refractivity contribution is 0.454. The molecule has 0 aromatic heterocycles. The standard InChI is InChI=1S/H2O3S.S/c1-4(2)3;/h(H2,1,2,3);. The smallest absolute Gasteiger partial charge is 0.284 e. The zero-order valence-corrected chi connectivity index (χ0v) is 3.75. The zero-order chi connectivity index (χ0) is 3.58. The summed E-state index contributed by atoms with van der Waals surface area (Å²) in [4.78, 5) is 0. The summed E-state index contributed by atoms with van der Waals surface area (Å²) in [5.41, 5.74) is 0. The van der Waals surface area contributed by atoms with Crippen molar-refractivity contribution in [1.82, 2.24) is 0 Å². The van der Waals surface area contributed by atoms with Gasteiger partial charge in [-0.2, -0.15) is 4.21 Å². The van der Waals surface area contributed by atoms with E-state index in [9.17, 15) is 0 Å². The van der Waals surface area contributed by atoms with Crippen LogP contribution in [0.25, 0.3) is 0 Å². The minimum absolute atomic E-state index is 0. The maximum absolute atomic E-state index is 8.67. The van der Waals surface area contributed by atoms with Crippen molar-refractivity contribution in [2.24, 2.45) is 0 Å². The van der Waals surface area contributed by atoms with Gasteiger partial charge in [0.25, 0.3) is 11.4 Å². The molecule has 32 valence electrons. The second-order valence-electron chi connectivity index (χ2n) is 0.231. The third-order valence-electron chi connectivity index (χ3n) is 0. The topological polar surface area (TPSA) is 57.5 Å². The summed E-state index contributed by atoms with van der Waals surface area (Å²) in [6, 6.07) is 0. The highest BCUT2D eigenvalue weighted by Gasteiger charge is 1.62. The minimum Gasteiger partial charge on any atom is -0.284 e. The molecule has 0 fully saturated rings. The van der Waals surface area contributed by atoms with Crippen LogP contribution in [0.4, 0.5) is 0 Å². The maximum atomic E-state index is 8.67. The van der Waals surface area contributed by atoms with Gasteiger partial charge >= 0.3 is 0 Å². The largest absolute Gasteiger partial charge is 0.299 e. The first-order valence-electron chi connectivity index (χ1n) is 0.532. The monoisotopic (exact) mass is 114 g/mol. The predicted molar refractivity (Wildman–Crippen MR) is 21.0 cm³/mol. The lowest BCUT2D eigenvalue weighted by Gasteiger charge is -1.59. The quantitative estimate of drug-likeness (QED) is 0.446. The molecule has 5 heteroatoms. The molecule has 0 aromatic carbocycles. The van der Waals surface area contributed by atoms with Crippen molar-refractivity contribution in [2.45, 2.75) is 0 Å². The Kier molecular flexibility index (Phi) is 8.00.